The van der Waals surface area contributed by atoms with E-state index in [1.165, 1.54) is 32.1 Å². The van der Waals surface area contributed by atoms with Crippen LogP contribution in [-0.4, -0.2) is 31.1 Å². The molecule has 0 heterocycles. The Morgan fingerprint density at radius 3 is 1.43 bits per heavy atom. The summed E-state index contributed by atoms with van der Waals surface area (Å²) in [5.74, 6) is 0. The van der Waals surface area contributed by atoms with E-state index in [4.69, 9.17) is 0 Å². The standard InChI is InChI=1S/C17H42GeSi3/c1-11-12-13-14-15-16-17-18(19(2,3)4,20(5,6)7)21(8,9)10/h16-17H,11-15H2,1-10H3/b17-16+. The van der Waals surface area contributed by atoms with E-state index in [0.29, 0.717) is 0 Å². The van der Waals surface area contributed by atoms with Gasteiger partial charge in [0.25, 0.3) is 0 Å². The van der Waals surface area contributed by atoms with E-state index in [1.54, 1.807) is 0 Å². The first-order valence-electron chi connectivity index (χ1n) is 8.99. The van der Waals surface area contributed by atoms with E-state index in [0.717, 1.165) is 0 Å². The number of hydrogen-bond acceptors (Lipinski definition) is 0. The monoisotopic (exact) mass is 404 g/mol. The summed E-state index contributed by atoms with van der Waals surface area (Å²) < 4.78 is 0. The van der Waals surface area contributed by atoms with E-state index >= 15 is 0 Å². The molecule has 0 aliphatic carbocycles. The third kappa shape index (κ3) is 5.50. The molecule has 0 nitrogen and oxygen atoms in total. The molecule has 0 rings (SSSR count). The van der Waals surface area contributed by atoms with Gasteiger partial charge in [0.15, 0.2) is 0 Å². The molecule has 0 aliphatic rings. The van der Waals surface area contributed by atoms with Gasteiger partial charge in [-0.1, -0.05) is 0 Å². The molecule has 0 atom stereocenters. The summed E-state index contributed by atoms with van der Waals surface area (Å²) in [7, 11) is 0. The third-order valence-electron chi connectivity index (χ3n) is 5.14. The molecule has 0 aromatic carbocycles. The molecule has 0 bridgehead atoms. The Bertz CT molecular complexity index is 293. The van der Waals surface area contributed by atoms with Gasteiger partial charge in [0.1, 0.15) is 0 Å². The second-order valence-electron chi connectivity index (χ2n) is 9.81. The maximum absolute atomic E-state index is 2.94. The maximum atomic E-state index is 2.94. The first-order chi connectivity index (χ1) is 9.31. The van der Waals surface area contributed by atoms with Crippen molar-refractivity contribution >= 4 is 31.1 Å². The minimum absolute atomic E-state index is 1.06. The van der Waals surface area contributed by atoms with Crippen molar-refractivity contribution < 1.29 is 0 Å². The van der Waals surface area contributed by atoms with Gasteiger partial charge < -0.3 is 0 Å². The summed E-state index contributed by atoms with van der Waals surface area (Å²) in [6.07, 6.45) is 9.59. The third-order valence-corrected chi connectivity index (χ3v) is 131. The van der Waals surface area contributed by atoms with Crippen LogP contribution in [0.4, 0.5) is 0 Å². The molecule has 0 unspecified atom stereocenters. The average molecular weight is 403 g/mol. The molecule has 0 fully saturated rings. The number of hydrogen-bond donors (Lipinski definition) is 0. The summed E-state index contributed by atoms with van der Waals surface area (Å²) in [6, 6.07) is 0. The molecular formula is C17H42GeSi3. The summed E-state index contributed by atoms with van der Waals surface area (Å²) in [5.41, 5.74) is 0. The molecule has 0 N–H and O–H groups in total. The first-order valence-corrected chi connectivity index (χ1v) is 30.1. The van der Waals surface area contributed by atoms with Crippen molar-refractivity contribution in [2.45, 2.75) is 98.0 Å². The van der Waals surface area contributed by atoms with Crippen LogP contribution in [-0.2, 0) is 0 Å². The molecule has 0 aromatic heterocycles. The Kier molecular flexibility index (Phi) is 8.52. The van der Waals surface area contributed by atoms with Crippen LogP contribution in [0.3, 0.4) is 0 Å². The van der Waals surface area contributed by atoms with Gasteiger partial charge in [0.2, 0.25) is 0 Å². The van der Waals surface area contributed by atoms with Crippen LogP contribution in [0.15, 0.2) is 11.0 Å². The van der Waals surface area contributed by atoms with Gasteiger partial charge in [0.05, 0.1) is 0 Å². The predicted molar refractivity (Wildman–Crippen MR) is 114 cm³/mol. The fraction of sp³-hybridized carbons (Fsp3) is 0.882. The molecule has 0 amide bonds. The number of unbranched alkanes of at least 4 members (excludes halogenated alkanes) is 4. The Balaban J connectivity index is 5.38. The van der Waals surface area contributed by atoms with Gasteiger partial charge >= 0.3 is 140 Å². The van der Waals surface area contributed by atoms with Crippen LogP contribution in [0.2, 0.25) is 58.9 Å². The van der Waals surface area contributed by atoms with E-state index in [9.17, 15) is 0 Å². The first kappa shape index (κ1) is 21.9. The van der Waals surface area contributed by atoms with Crippen LogP contribution in [0, 0.1) is 0 Å². The van der Waals surface area contributed by atoms with Gasteiger partial charge in [0, 0.05) is 0 Å². The van der Waals surface area contributed by atoms with E-state index in [1.807, 2.05) is 0 Å². The predicted octanol–water partition coefficient (Wildman–Crippen LogP) is 6.75. The molecule has 0 radical (unpaired) electrons. The zero-order valence-corrected chi connectivity index (χ0v) is 21.8. The van der Waals surface area contributed by atoms with Crippen LogP contribution in [0.5, 0.6) is 0 Å². The van der Waals surface area contributed by atoms with Crippen LogP contribution in [0.1, 0.15) is 39.0 Å². The van der Waals surface area contributed by atoms with Crippen molar-refractivity contribution in [2.75, 3.05) is 0 Å². The number of allylic oxidation sites excluding steroid dienone is 1. The molecular weight excluding hydrogens is 361 g/mol. The molecule has 0 spiro atoms. The molecule has 0 aromatic rings. The fourth-order valence-corrected chi connectivity index (χ4v) is 173. The average Bonchev–Trinajstić information content (AvgIpc) is 2.22. The van der Waals surface area contributed by atoms with Gasteiger partial charge in [-0.25, -0.2) is 0 Å². The van der Waals surface area contributed by atoms with Crippen LogP contribution in [0.25, 0.3) is 0 Å². The van der Waals surface area contributed by atoms with Crippen molar-refractivity contribution in [3.63, 3.8) is 0 Å². The van der Waals surface area contributed by atoms with Gasteiger partial charge in [-0.15, -0.1) is 0 Å². The van der Waals surface area contributed by atoms with Crippen molar-refractivity contribution in [2.24, 2.45) is 0 Å². The Morgan fingerprint density at radius 2 is 1.10 bits per heavy atom. The van der Waals surface area contributed by atoms with Crippen molar-refractivity contribution in [1.29, 1.82) is 0 Å². The second-order valence-corrected chi connectivity index (χ2v) is 75.8. The molecule has 126 valence electrons. The Morgan fingerprint density at radius 1 is 0.667 bits per heavy atom. The zero-order chi connectivity index (χ0) is 16.9. The van der Waals surface area contributed by atoms with E-state index in [-0.39, 0.29) is 0 Å². The van der Waals surface area contributed by atoms with Crippen molar-refractivity contribution in [3.05, 3.63) is 11.0 Å². The van der Waals surface area contributed by atoms with Crippen LogP contribution < -0.4 is 0 Å². The van der Waals surface area contributed by atoms with Crippen molar-refractivity contribution in [3.8, 4) is 0 Å². The Labute approximate surface area is 139 Å². The molecule has 0 saturated heterocycles. The topological polar surface area (TPSA) is 0 Å². The van der Waals surface area contributed by atoms with Gasteiger partial charge in [-0.2, -0.15) is 0 Å². The van der Waals surface area contributed by atoms with Crippen molar-refractivity contribution in [1.82, 2.24) is 0 Å². The minimum atomic E-state index is -1.87. The Hall–Kier alpha value is 0.934. The van der Waals surface area contributed by atoms with E-state index in [2.05, 4.69) is 76.8 Å². The van der Waals surface area contributed by atoms with Gasteiger partial charge in [-0.05, 0) is 0 Å². The molecule has 0 aliphatic heterocycles. The number of rotatable bonds is 9. The summed E-state index contributed by atoms with van der Waals surface area (Å²) in [5, 5.41) is 0. The molecule has 0 saturated carbocycles. The van der Waals surface area contributed by atoms with Crippen LogP contribution >= 0.6 is 0 Å². The summed E-state index contributed by atoms with van der Waals surface area (Å²) >= 11 is -1.87. The summed E-state index contributed by atoms with van der Waals surface area (Å²) in [4.78, 5) is 2.94. The summed E-state index contributed by atoms with van der Waals surface area (Å²) in [6.45, 7) is 23.4. The van der Waals surface area contributed by atoms with E-state index < -0.39 is 31.1 Å². The fourth-order valence-electron chi connectivity index (χ4n) is 5.07. The zero-order valence-electron chi connectivity index (χ0n) is 16.7. The van der Waals surface area contributed by atoms with Gasteiger partial charge in [-0.3, -0.25) is 0 Å². The second kappa shape index (κ2) is 8.16. The quantitative estimate of drug-likeness (QED) is 0.295. The molecule has 21 heavy (non-hydrogen) atoms. The molecule has 4 heteroatoms. The SMILES string of the molecule is CCCCCC/C=[CH]/[Ge]([Si](C)(C)C)([Si](C)(C)C)[Si](C)(C)C. The normalized spacial score (nSPS) is 15.0.